The van der Waals surface area contributed by atoms with Crippen molar-refractivity contribution in [1.29, 1.82) is 0 Å². The van der Waals surface area contributed by atoms with Crippen LogP contribution in [-0.4, -0.2) is 21.3 Å². The van der Waals surface area contributed by atoms with E-state index in [1.54, 1.807) is 0 Å². The number of hydrogen-bond acceptors (Lipinski definition) is 3. The topological polar surface area (TPSA) is 47.3 Å². The molecule has 1 atom stereocenters. The maximum absolute atomic E-state index is 11.0. The Hall–Kier alpha value is -3.63. The Kier molecular flexibility index (Phi) is 4.91. The van der Waals surface area contributed by atoms with Crippen molar-refractivity contribution in [2.24, 2.45) is 0 Å². The highest BCUT2D eigenvalue weighted by Crippen LogP contribution is 2.27. The van der Waals surface area contributed by atoms with Crippen LogP contribution in [-0.2, 0) is 6.54 Å². The van der Waals surface area contributed by atoms with E-state index in [2.05, 4.69) is 22.8 Å². The van der Waals surface area contributed by atoms with Crippen molar-refractivity contribution in [1.82, 2.24) is 9.55 Å². The zero-order chi connectivity index (χ0) is 20.3. The molecule has 5 rings (SSSR count). The summed E-state index contributed by atoms with van der Waals surface area (Å²) in [6.07, 6.45) is -0.795. The lowest BCUT2D eigenvalue weighted by atomic mass is 10.1. The third-order valence-electron chi connectivity index (χ3n) is 5.37. The number of rotatable bonds is 6. The second-order valence-electron chi connectivity index (χ2n) is 7.25. The average molecular weight is 394 g/mol. The van der Waals surface area contributed by atoms with E-state index in [9.17, 15) is 5.11 Å². The first-order valence-electron chi connectivity index (χ1n) is 10.1. The number of aromatic nitrogens is 2. The number of imidazole rings is 1. The van der Waals surface area contributed by atoms with E-state index >= 15 is 0 Å². The minimum absolute atomic E-state index is 0.475. The van der Waals surface area contributed by atoms with Crippen LogP contribution in [0.5, 0.6) is 5.75 Å². The third kappa shape index (κ3) is 3.42. The number of hydrogen-bond donors (Lipinski definition) is 1. The van der Waals surface area contributed by atoms with Crippen LogP contribution in [0.3, 0.4) is 0 Å². The summed E-state index contributed by atoms with van der Waals surface area (Å²) in [6.45, 7) is 1.06. The Morgan fingerprint density at radius 3 is 2.43 bits per heavy atom. The quantitative estimate of drug-likeness (QED) is 0.422. The molecule has 0 spiro atoms. The number of nitrogens with zero attached hydrogens (tertiary/aromatic N) is 2. The summed E-state index contributed by atoms with van der Waals surface area (Å²) in [5.41, 5.74) is 2.68. The van der Waals surface area contributed by atoms with Crippen LogP contribution in [0.1, 0.15) is 17.5 Å². The van der Waals surface area contributed by atoms with Crippen molar-refractivity contribution < 1.29 is 9.84 Å². The average Bonchev–Trinajstić information content (AvgIpc) is 3.18. The van der Waals surface area contributed by atoms with Crippen molar-refractivity contribution in [2.75, 3.05) is 6.61 Å². The fourth-order valence-electron chi connectivity index (χ4n) is 3.89. The number of benzene rings is 4. The van der Waals surface area contributed by atoms with Crippen LogP contribution in [0.4, 0.5) is 0 Å². The van der Waals surface area contributed by atoms with E-state index in [1.807, 2.05) is 78.9 Å². The largest absolute Gasteiger partial charge is 0.491 e. The molecule has 0 saturated carbocycles. The fraction of sp³-hybridized carbons (Fsp3) is 0.115. The van der Waals surface area contributed by atoms with E-state index in [1.165, 1.54) is 0 Å². The molecule has 0 aliphatic heterocycles. The van der Waals surface area contributed by atoms with Crippen molar-refractivity contribution in [2.45, 2.75) is 12.6 Å². The van der Waals surface area contributed by atoms with Crippen LogP contribution in [0.15, 0.2) is 97.1 Å². The van der Waals surface area contributed by atoms with E-state index in [4.69, 9.17) is 9.72 Å². The SMILES string of the molecule is OC(c1ccccc1)c1nc2ccccc2n1CCOc1cccc2ccccc12. The van der Waals surface area contributed by atoms with Gasteiger partial charge in [-0.1, -0.05) is 78.9 Å². The highest BCUT2D eigenvalue weighted by Gasteiger charge is 2.19. The Bertz CT molecular complexity index is 1290. The number of aliphatic hydroxyl groups is 1. The lowest BCUT2D eigenvalue weighted by Gasteiger charge is -2.15. The third-order valence-corrected chi connectivity index (χ3v) is 5.37. The highest BCUT2D eigenvalue weighted by atomic mass is 16.5. The molecule has 0 radical (unpaired) electrons. The molecule has 1 N–H and O–H groups in total. The molecule has 4 nitrogen and oxygen atoms in total. The number of aliphatic hydroxyl groups excluding tert-OH is 1. The van der Waals surface area contributed by atoms with E-state index < -0.39 is 6.10 Å². The molecular formula is C26H22N2O2. The minimum atomic E-state index is -0.795. The van der Waals surface area contributed by atoms with Gasteiger partial charge in [-0.25, -0.2) is 4.98 Å². The van der Waals surface area contributed by atoms with Gasteiger partial charge in [-0.05, 0) is 29.1 Å². The second-order valence-corrected chi connectivity index (χ2v) is 7.25. The smallest absolute Gasteiger partial charge is 0.143 e. The Labute approximate surface area is 175 Å². The first-order chi connectivity index (χ1) is 14.8. The van der Waals surface area contributed by atoms with Crippen molar-refractivity contribution >= 4 is 21.8 Å². The summed E-state index contributed by atoms with van der Waals surface area (Å²) in [4.78, 5) is 4.72. The molecule has 0 amide bonds. The summed E-state index contributed by atoms with van der Waals surface area (Å²) in [5, 5.41) is 13.3. The summed E-state index contributed by atoms with van der Waals surface area (Å²) >= 11 is 0. The predicted molar refractivity (Wildman–Crippen MR) is 120 cm³/mol. The second kappa shape index (κ2) is 8.01. The molecule has 148 valence electrons. The molecule has 30 heavy (non-hydrogen) atoms. The van der Waals surface area contributed by atoms with Crippen molar-refractivity contribution in [3.05, 3.63) is 108 Å². The number of ether oxygens (including phenoxy) is 1. The van der Waals surface area contributed by atoms with Crippen molar-refractivity contribution in [3.63, 3.8) is 0 Å². The first kappa shape index (κ1) is 18.4. The van der Waals surface area contributed by atoms with Gasteiger partial charge in [-0.3, -0.25) is 0 Å². The molecule has 4 heteroatoms. The fourth-order valence-corrected chi connectivity index (χ4v) is 3.89. The normalized spacial score (nSPS) is 12.3. The van der Waals surface area contributed by atoms with Gasteiger partial charge >= 0.3 is 0 Å². The zero-order valence-corrected chi connectivity index (χ0v) is 16.5. The highest BCUT2D eigenvalue weighted by molar-refractivity contribution is 5.88. The number of fused-ring (bicyclic) bond motifs is 2. The maximum atomic E-state index is 11.0. The molecule has 1 heterocycles. The Balaban J connectivity index is 1.45. The summed E-state index contributed by atoms with van der Waals surface area (Å²) in [7, 11) is 0. The van der Waals surface area contributed by atoms with Crippen LogP contribution in [0, 0.1) is 0 Å². The Morgan fingerprint density at radius 1 is 0.800 bits per heavy atom. The zero-order valence-electron chi connectivity index (χ0n) is 16.5. The van der Waals surface area contributed by atoms with Crippen LogP contribution in [0.2, 0.25) is 0 Å². The summed E-state index contributed by atoms with van der Waals surface area (Å²) in [6, 6.07) is 31.9. The molecule has 0 bridgehead atoms. The minimum Gasteiger partial charge on any atom is -0.491 e. The molecule has 5 aromatic rings. The van der Waals surface area contributed by atoms with Crippen LogP contribution in [0.25, 0.3) is 21.8 Å². The van der Waals surface area contributed by atoms with Gasteiger partial charge in [-0.2, -0.15) is 0 Å². The Morgan fingerprint density at radius 2 is 1.53 bits per heavy atom. The molecule has 0 fully saturated rings. The molecule has 1 unspecified atom stereocenters. The predicted octanol–water partition coefficient (Wildman–Crippen LogP) is 5.35. The van der Waals surface area contributed by atoms with Gasteiger partial charge in [-0.15, -0.1) is 0 Å². The van der Waals surface area contributed by atoms with Crippen LogP contribution < -0.4 is 4.74 Å². The molecule has 0 aliphatic rings. The first-order valence-corrected chi connectivity index (χ1v) is 10.1. The van der Waals surface area contributed by atoms with Gasteiger partial charge in [0.2, 0.25) is 0 Å². The van der Waals surface area contributed by atoms with E-state index in [-0.39, 0.29) is 0 Å². The molecular weight excluding hydrogens is 372 g/mol. The molecule has 4 aromatic carbocycles. The molecule has 0 aliphatic carbocycles. The van der Waals surface area contributed by atoms with E-state index in [0.717, 1.165) is 33.1 Å². The maximum Gasteiger partial charge on any atom is 0.143 e. The van der Waals surface area contributed by atoms with Gasteiger partial charge in [0.15, 0.2) is 0 Å². The number of para-hydroxylation sites is 2. The standard InChI is InChI=1S/C26H22N2O2/c29-25(20-10-2-1-3-11-20)26-27-22-14-6-7-15-23(22)28(26)17-18-30-24-16-8-12-19-9-4-5-13-21(19)24/h1-16,25,29H,17-18H2. The van der Waals surface area contributed by atoms with Gasteiger partial charge < -0.3 is 14.4 Å². The molecule has 0 saturated heterocycles. The van der Waals surface area contributed by atoms with Crippen molar-refractivity contribution in [3.8, 4) is 5.75 Å². The monoisotopic (exact) mass is 394 g/mol. The molecule has 1 aromatic heterocycles. The van der Waals surface area contributed by atoms with E-state index in [0.29, 0.717) is 19.0 Å². The lowest BCUT2D eigenvalue weighted by molar-refractivity contribution is 0.201. The summed E-state index contributed by atoms with van der Waals surface area (Å²) < 4.78 is 8.21. The van der Waals surface area contributed by atoms with Gasteiger partial charge in [0.1, 0.15) is 24.3 Å². The van der Waals surface area contributed by atoms with Gasteiger partial charge in [0.25, 0.3) is 0 Å². The van der Waals surface area contributed by atoms with Gasteiger partial charge in [0.05, 0.1) is 17.6 Å². The lowest BCUT2D eigenvalue weighted by Crippen LogP contribution is -2.14. The summed E-state index contributed by atoms with van der Waals surface area (Å²) in [5.74, 6) is 1.49. The van der Waals surface area contributed by atoms with Gasteiger partial charge in [0, 0.05) is 5.39 Å². The van der Waals surface area contributed by atoms with Crippen LogP contribution >= 0.6 is 0 Å².